The zero-order valence-electron chi connectivity index (χ0n) is 18.2. The number of rotatable bonds is 9. The van der Waals surface area contributed by atoms with Gasteiger partial charge in [-0.2, -0.15) is 0 Å². The van der Waals surface area contributed by atoms with Crippen LogP contribution in [0.25, 0.3) is 11.2 Å². The van der Waals surface area contributed by atoms with Gasteiger partial charge in [0.25, 0.3) is 5.56 Å². The van der Waals surface area contributed by atoms with E-state index in [1.807, 2.05) is 32.0 Å². The molecule has 0 bridgehead atoms. The first kappa shape index (κ1) is 21.7. The number of hydrogen-bond acceptors (Lipinski definition) is 7. The van der Waals surface area contributed by atoms with Gasteiger partial charge < -0.3 is 18.8 Å². The maximum absolute atomic E-state index is 12.4. The van der Waals surface area contributed by atoms with Gasteiger partial charge in [0, 0.05) is 19.5 Å². The van der Waals surface area contributed by atoms with Crippen molar-refractivity contribution in [3.05, 3.63) is 50.4 Å². The molecule has 3 aromatic rings. The van der Waals surface area contributed by atoms with Crippen LogP contribution in [0.3, 0.4) is 0 Å². The van der Waals surface area contributed by atoms with Crippen molar-refractivity contribution in [1.82, 2.24) is 19.1 Å². The molecule has 0 spiro atoms. The number of aromatic amines is 1. The molecule has 0 radical (unpaired) electrons. The van der Waals surface area contributed by atoms with Gasteiger partial charge in [0.15, 0.2) is 22.7 Å². The Labute approximate surface area is 183 Å². The third-order valence-electron chi connectivity index (χ3n) is 5.43. The normalized spacial score (nSPS) is 12.4. The molecule has 0 aliphatic carbocycles. The lowest BCUT2D eigenvalue weighted by Crippen LogP contribution is -2.31. The molecule has 0 atom stereocenters. The Kier molecular flexibility index (Phi) is 6.29. The van der Waals surface area contributed by atoms with E-state index in [1.165, 1.54) is 4.57 Å². The van der Waals surface area contributed by atoms with Crippen molar-refractivity contribution in [3.63, 3.8) is 0 Å². The molecule has 1 aliphatic rings. The van der Waals surface area contributed by atoms with Gasteiger partial charge in [0.1, 0.15) is 12.4 Å². The molecule has 0 saturated heterocycles. The average molecular weight is 442 g/mol. The van der Waals surface area contributed by atoms with Gasteiger partial charge in [-0.05, 0) is 37.5 Å². The molecule has 1 aromatic carbocycles. The summed E-state index contributed by atoms with van der Waals surface area (Å²) in [5.41, 5.74) is 0.602. The molecule has 0 amide bonds. The van der Waals surface area contributed by atoms with Crippen LogP contribution in [0.15, 0.2) is 27.8 Å². The minimum atomic E-state index is -0.493. The molecular weight excluding hydrogens is 416 g/mol. The molecule has 1 aliphatic heterocycles. The number of carbonyl (C=O) groups excluding carboxylic acids is 1. The Hall–Kier alpha value is -3.56. The van der Waals surface area contributed by atoms with Gasteiger partial charge in [-0.3, -0.25) is 19.1 Å². The zero-order valence-corrected chi connectivity index (χ0v) is 18.2. The fraction of sp³-hybridized carbons (Fsp3) is 0.455. The van der Waals surface area contributed by atoms with E-state index >= 15 is 0 Å². The van der Waals surface area contributed by atoms with Crippen LogP contribution in [-0.4, -0.2) is 31.9 Å². The summed E-state index contributed by atoms with van der Waals surface area (Å²) in [7, 11) is 0. The summed E-state index contributed by atoms with van der Waals surface area (Å²) >= 11 is 0. The number of aromatic nitrogens is 4. The van der Waals surface area contributed by atoms with Gasteiger partial charge in [0.05, 0.1) is 0 Å². The number of H-pyrrole nitrogens is 1. The van der Waals surface area contributed by atoms with Crippen molar-refractivity contribution in [2.45, 2.75) is 59.2 Å². The number of ether oxygens (including phenoxy) is 3. The Morgan fingerprint density at radius 1 is 1.19 bits per heavy atom. The molecule has 0 saturated carbocycles. The van der Waals surface area contributed by atoms with Crippen molar-refractivity contribution in [2.24, 2.45) is 0 Å². The van der Waals surface area contributed by atoms with Crippen molar-refractivity contribution in [3.8, 4) is 11.5 Å². The Morgan fingerprint density at radius 2 is 2.00 bits per heavy atom. The van der Waals surface area contributed by atoms with Crippen LogP contribution >= 0.6 is 0 Å². The van der Waals surface area contributed by atoms with Crippen molar-refractivity contribution in [1.29, 1.82) is 0 Å². The SMILES string of the molecule is CCCCn1c(=O)[nH]c(=O)c2c1nc(COC(=O)CCc1ccc3c(c1)OCO3)n2CC. The van der Waals surface area contributed by atoms with E-state index in [0.29, 0.717) is 48.0 Å². The van der Waals surface area contributed by atoms with Crippen LogP contribution < -0.4 is 20.7 Å². The molecule has 0 fully saturated rings. The highest BCUT2D eigenvalue weighted by Gasteiger charge is 2.19. The second-order valence-corrected chi connectivity index (χ2v) is 7.56. The monoisotopic (exact) mass is 442 g/mol. The number of fused-ring (bicyclic) bond motifs is 2. The Balaban J connectivity index is 1.47. The van der Waals surface area contributed by atoms with Gasteiger partial charge in [0.2, 0.25) is 6.79 Å². The highest BCUT2D eigenvalue weighted by Crippen LogP contribution is 2.32. The molecule has 4 rings (SSSR count). The average Bonchev–Trinajstić information content (AvgIpc) is 3.40. The number of hydrogen-bond donors (Lipinski definition) is 1. The number of unbranched alkanes of at least 4 members (excludes halogenated alkanes) is 1. The molecule has 0 unspecified atom stereocenters. The number of imidazole rings is 1. The summed E-state index contributed by atoms with van der Waals surface area (Å²) in [6, 6.07) is 5.56. The van der Waals surface area contributed by atoms with Crippen LogP contribution in [0.2, 0.25) is 0 Å². The number of nitrogens with one attached hydrogen (secondary N) is 1. The molecule has 10 heteroatoms. The van der Waals surface area contributed by atoms with E-state index < -0.39 is 11.2 Å². The topological polar surface area (TPSA) is 117 Å². The van der Waals surface area contributed by atoms with E-state index in [1.54, 1.807) is 4.57 Å². The fourth-order valence-electron chi connectivity index (χ4n) is 3.75. The van der Waals surface area contributed by atoms with E-state index in [4.69, 9.17) is 14.2 Å². The molecule has 3 heterocycles. The molecular formula is C22H26N4O6. The highest BCUT2D eigenvalue weighted by molar-refractivity contribution is 5.72. The summed E-state index contributed by atoms with van der Waals surface area (Å²) < 4.78 is 19.2. The second kappa shape index (κ2) is 9.29. The lowest BCUT2D eigenvalue weighted by Gasteiger charge is -2.07. The van der Waals surface area contributed by atoms with Crippen LogP contribution in [-0.2, 0) is 35.6 Å². The van der Waals surface area contributed by atoms with Crippen LogP contribution in [0.5, 0.6) is 11.5 Å². The largest absolute Gasteiger partial charge is 0.457 e. The first-order valence-electron chi connectivity index (χ1n) is 10.8. The Bertz CT molecular complexity index is 1260. The van der Waals surface area contributed by atoms with Crippen LogP contribution in [0.1, 0.15) is 44.5 Å². The van der Waals surface area contributed by atoms with E-state index in [2.05, 4.69) is 9.97 Å². The van der Waals surface area contributed by atoms with Crippen molar-refractivity contribution < 1.29 is 19.0 Å². The van der Waals surface area contributed by atoms with Crippen LogP contribution in [0, 0.1) is 0 Å². The van der Waals surface area contributed by atoms with E-state index in [0.717, 1.165) is 18.4 Å². The maximum Gasteiger partial charge on any atom is 0.330 e. The highest BCUT2D eigenvalue weighted by atomic mass is 16.7. The molecule has 2 aromatic heterocycles. The van der Waals surface area contributed by atoms with Gasteiger partial charge in [-0.25, -0.2) is 9.78 Å². The predicted octanol–water partition coefficient (Wildman–Crippen LogP) is 2.11. The van der Waals surface area contributed by atoms with Gasteiger partial charge in [-0.1, -0.05) is 19.4 Å². The second-order valence-electron chi connectivity index (χ2n) is 7.56. The molecule has 1 N–H and O–H groups in total. The quantitative estimate of drug-likeness (QED) is 0.504. The van der Waals surface area contributed by atoms with Gasteiger partial charge in [-0.15, -0.1) is 0 Å². The summed E-state index contributed by atoms with van der Waals surface area (Å²) in [6.45, 7) is 4.92. The minimum Gasteiger partial charge on any atom is -0.457 e. The first-order chi connectivity index (χ1) is 15.5. The van der Waals surface area contributed by atoms with Crippen molar-refractivity contribution >= 4 is 17.1 Å². The third-order valence-corrected chi connectivity index (χ3v) is 5.43. The lowest BCUT2D eigenvalue weighted by molar-refractivity contribution is -0.145. The van der Waals surface area contributed by atoms with Crippen molar-refractivity contribution in [2.75, 3.05) is 6.79 Å². The number of benzene rings is 1. The zero-order chi connectivity index (χ0) is 22.7. The maximum atomic E-state index is 12.4. The van der Waals surface area contributed by atoms with E-state index in [-0.39, 0.29) is 25.8 Å². The summed E-state index contributed by atoms with van der Waals surface area (Å²) in [6.07, 6.45) is 2.36. The summed E-state index contributed by atoms with van der Waals surface area (Å²) in [5.74, 6) is 1.42. The smallest absolute Gasteiger partial charge is 0.330 e. The number of esters is 1. The van der Waals surface area contributed by atoms with Gasteiger partial charge >= 0.3 is 11.7 Å². The van der Waals surface area contributed by atoms with Crippen LogP contribution in [0.4, 0.5) is 0 Å². The Morgan fingerprint density at radius 3 is 2.78 bits per heavy atom. The summed E-state index contributed by atoms with van der Waals surface area (Å²) in [4.78, 5) is 43.9. The molecule has 10 nitrogen and oxygen atoms in total. The lowest BCUT2D eigenvalue weighted by atomic mass is 10.1. The minimum absolute atomic E-state index is 0.0795. The number of nitrogens with zero attached hydrogens (tertiary/aromatic N) is 3. The fourth-order valence-corrected chi connectivity index (χ4v) is 3.75. The number of aryl methyl sites for hydroxylation is 3. The number of carbonyl (C=O) groups is 1. The molecule has 170 valence electrons. The summed E-state index contributed by atoms with van der Waals surface area (Å²) in [5, 5.41) is 0. The standard InChI is InChI=1S/C22H26N4O6/c1-3-5-10-26-20-19(21(28)24-22(26)29)25(4-2)17(23-20)12-30-18(27)9-7-14-6-8-15-16(11-14)32-13-31-15/h6,8,11H,3-5,7,9-10,12-13H2,1-2H3,(H,24,28,29). The van der Waals surface area contributed by atoms with E-state index in [9.17, 15) is 14.4 Å². The molecule has 32 heavy (non-hydrogen) atoms. The third kappa shape index (κ3) is 4.25. The predicted molar refractivity (Wildman–Crippen MR) is 116 cm³/mol. The first-order valence-corrected chi connectivity index (χ1v) is 10.8.